The summed E-state index contributed by atoms with van der Waals surface area (Å²) < 4.78 is 1.87. The molecule has 1 aliphatic rings. The fourth-order valence-corrected chi connectivity index (χ4v) is 4.14. The molecule has 0 saturated carbocycles. The van der Waals surface area contributed by atoms with Crippen molar-refractivity contribution in [3.63, 3.8) is 0 Å². The minimum Gasteiger partial charge on any atom is -0.256 e. The maximum absolute atomic E-state index is 4.92. The minimum atomic E-state index is 0.728. The highest BCUT2D eigenvalue weighted by Crippen LogP contribution is 2.32. The number of aryl methyl sites for hydroxylation is 3. The summed E-state index contributed by atoms with van der Waals surface area (Å²) in [4.78, 5) is 15.2. The largest absolute Gasteiger partial charge is 0.256 e. The third-order valence-corrected chi connectivity index (χ3v) is 5.59. The van der Waals surface area contributed by atoms with Gasteiger partial charge >= 0.3 is 0 Å². The molecule has 0 aliphatic carbocycles. The highest BCUT2D eigenvalue weighted by Gasteiger charge is 2.18. The van der Waals surface area contributed by atoms with Gasteiger partial charge in [0.2, 0.25) is 0 Å². The van der Waals surface area contributed by atoms with Crippen LogP contribution in [0, 0.1) is 13.8 Å². The minimum absolute atomic E-state index is 0.728. The first-order valence-electron chi connectivity index (χ1n) is 8.95. The van der Waals surface area contributed by atoms with E-state index in [4.69, 9.17) is 4.99 Å². The zero-order chi connectivity index (χ0) is 18.8. The SMILES string of the molecule is C=C/C=C(/CCc1nc2c(C)ncc(C)n2n1)N=C1CSc2ccccc21. The maximum Gasteiger partial charge on any atom is 0.177 e. The molecule has 3 aromatic rings. The summed E-state index contributed by atoms with van der Waals surface area (Å²) in [7, 11) is 0. The number of allylic oxidation sites excluding steroid dienone is 3. The van der Waals surface area contributed by atoms with Crippen LogP contribution in [-0.4, -0.2) is 31.0 Å². The molecular formula is C21H21N5S. The lowest BCUT2D eigenvalue weighted by Gasteiger charge is -2.03. The van der Waals surface area contributed by atoms with Crippen molar-refractivity contribution in [1.29, 1.82) is 0 Å². The average molecular weight is 376 g/mol. The predicted octanol–water partition coefficient (Wildman–Crippen LogP) is 4.34. The molecule has 27 heavy (non-hydrogen) atoms. The van der Waals surface area contributed by atoms with Crippen molar-refractivity contribution >= 4 is 23.1 Å². The molecule has 0 spiro atoms. The molecule has 0 radical (unpaired) electrons. The van der Waals surface area contributed by atoms with Gasteiger partial charge in [-0.3, -0.25) is 9.98 Å². The summed E-state index contributed by atoms with van der Waals surface area (Å²) in [6.45, 7) is 7.78. The fraction of sp³-hybridized carbons (Fsp3) is 0.238. The summed E-state index contributed by atoms with van der Waals surface area (Å²) in [6, 6.07) is 8.43. The number of aromatic nitrogens is 4. The van der Waals surface area contributed by atoms with E-state index in [0.717, 1.165) is 52.9 Å². The van der Waals surface area contributed by atoms with Crippen LogP contribution in [0.4, 0.5) is 0 Å². The van der Waals surface area contributed by atoms with Crippen molar-refractivity contribution in [2.45, 2.75) is 31.6 Å². The Morgan fingerprint density at radius 1 is 1.33 bits per heavy atom. The van der Waals surface area contributed by atoms with Crippen LogP contribution in [0.25, 0.3) is 5.65 Å². The van der Waals surface area contributed by atoms with Crippen LogP contribution >= 0.6 is 11.8 Å². The third-order valence-electron chi connectivity index (χ3n) is 4.51. The molecule has 0 N–H and O–H groups in total. The van der Waals surface area contributed by atoms with Crippen LogP contribution in [-0.2, 0) is 6.42 Å². The molecule has 136 valence electrons. The molecule has 6 heteroatoms. The van der Waals surface area contributed by atoms with Crippen LogP contribution in [0.15, 0.2) is 64.8 Å². The summed E-state index contributed by atoms with van der Waals surface area (Å²) in [5.74, 6) is 1.72. The van der Waals surface area contributed by atoms with Crippen LogP contribution in [0.2, 0.25) is 0 Å². The van der Waals surface area contributed by atoms with E-state index in [1.165, 1.54) is 10.5 Å². The zero-order valence-electron chi connectivity index (χ0n) is 15.5. The Kier molecular flexibility index (Phi) is 4.90. The van der Waals surface area contributed by atoms with Gasteiger partial charge in [-0.05, 0) is 32.4 Å². The monoisotopic (exact) mass is 375 g/mol. The van der Waals surface area contributed by atoms with Gasteiger partial charge in [0, 0.05) is 34.5 Å². The zero-order valence-corrected chi connectivity index (χ0v) is 16.3. The van der Waals surface area contributed by atoms with E-state index in [1.807, 2.05) is 42.4 Å². The van der Waals surface area contributed by atoms with E-state index in [9.17, 15) is 0 Å². The number of hydrogen-bond acceptors (Lipinski definition) is 5. The first-order chi connectivity index (χ1) is 13.2. The molecule has 3 heterocycles. The quantitative estimate of drug-likeness (QED) is 0.623. The van der Waals surface area contributed by atoms with Crippen LogP contribution in [0.5, 0.6) is 0 Å². The molecule has 5 nitrogen and oxygen atoms in total. The summed E-state index contributed by atoms with van der Waals surface area (Å²) in [6.07, 6.45) is 7.09. The molecule has 0 fully saturated rings. The summed E-state index contributed by atoms with van der Waals surface area (Å²) in [5, 5.41) is 4.63. The standard InChI is InChI=1S/C21H21N5S/c1-4-7-16(23-18-13-27-19-9-6-5-8-17(18)19)10-11-20-24-21-15(3)22-12-14(2)26(21)25-20/h4-9,12H,1,10-11,13H2,2-3H3/b16-7-,23-18?. The first-order valence-corrected chi connectivity index (χ1v) is 9.93. The number of rotatable bonds is 5. The lowest BCUT2D eigenvalue weighted by atomic mass is 10.1. The van der Waals surface area contributed by atoms with Gasteiger partial charge in [0.05, 0.1) is 17.1 Å². The molecule has 4 rings (SSSR count). The number of nitrogens with zero attached hydrogens (tertiary/aromatic N) is 5. The molecule has 0 unspecified atom stereocenters. The number of fused-ring (bicyclic) bond motifs is 2. The molecule has 0 atom stereocenters. The van der Waals surface area contributed by atoms with Crippen molar-refractivity contribution < 1.29 is 0 Å². The van der Waals surface area contributed by atoms with E-state index in [1.54, 1.807) is 6.08 Å². The van der Waals surface area contributed by atoms with Crippen molar-refractivity contribution in [1.82, 2.24) is 19.6 Å². The van der Waals surface area contributed by atoms with Gasteiger partial charge in [0.15, 0.2) is 11.5 Å². The van der Waals surface area contributed by atoms with Gasteiger partial charge in [-0.1, -0.05) is 30.9 Å². The second-order valence-electron chi connectivity index (χ2n) is 6.49. The van der Waals surface area contributed by atoms with Gasteiger partial charge in [-0.2, -0.15) is 5.10 Å². The summed E-state index contributed by atoms with van der Waals surface area (Å²) >= 11 is 1.84. The lowest BCUT2D eigenvalue weighted by molar-refractivity contribution is 0.809. The Morgan fingerprint density at radius 2 is 2.19 bits per heavy atom. The molecule has 0 amide bonds. The van der Waals surface area contributed by atoms with Crippen LogP contribution in [0.1, 0.15) is 29.2 Å². The maximum atomic E-state index is 4.92. The lowest BCUT2D eigenvalue weighted by Crippen LogP contribution is -2.00. The highest BCUT2D eigenvalue weighted by atomic mass is 32.2. The van der Waals surface area contributed by atoms with E-state index in [-0.39, 0.29) is 0 Å². The highest BCUT2D eigenvalue weighted by molar-refractivity contribution is 8.00. The molecule has 0 bridgehead atoms. The van der Waals surface area contributed by atoms with E-state index >= 15 is 0 Å². The van der Waals surface area contributed by atoms with Crippen molar-refractivity contribution in [3.05, 3.63) is 77.7 Å². The Hall–Kier alpha value is -2.73. The van der Waals surface area contributed by atoms with Crippen molar-refractivity contribution in [3.8, 4) is 0 Å². The van der Waals surface area contributed by atoms with Gasteiger partial charge in [-0.25, -0.2) is 9.50 Å². The number of benzene rings is 1. The first kappa shape index (κ1) is 17.7. The topological polar surface area (TPSA) is 55.4 Å². The predicted molar refractivity (Wildman–Crippen MR) is 111 cm³/mol. The van der Waals surface area contributed by atoms with E-state index < -0.39 is 0 Å². The smallest absolute Gasteiger partial charge is 0.177 e. The number of aliphatic imine (C=N–C) groups is 1. The summed E-state index contributed by atoms with van der Waals surface area (Å²) in [5.41, 5.74) is 6.06. The molecule has 0 saturated heterocycles. The Labute approximate surface area is 163 Å². The molecular weight excluding hydrogens is 354 g/mol. The van der Waals surface area contributed by atoms with Crippen molar-refractivity contribution in [2.75, 3.05) is 5.75 Å². The van der Waals surface area contributed by atoms with Crippen molar-refractivity contribution in [2.24, 2.45) is 4.99 Å². The normalized spacial score (nSPS) is 15.5. The van der Waals surface area contributed by atoms with Gasteiger partial charge in [0.25, 0.3) is 0 Å². The third kappa shape index (κ3) is 3.57. The second kappa shape index (κ2) is 7.48. The van der Waals surface area contributed by atoms with Gasteiger partial charge < -0.3 is 0 Å². The van der Waals surface area contributed by atoms with Crippen LogP contribution in [0.3, 0.4) is 0 Å². The Morgan fingerprint density at radius 3 is 3.00 bits per heavy atom. The number of thioether (sulfide) groups is 1. The molecule has 1 aliphatic heterocycles. The second-order valence-corrected chi connectivity index (χ2v) is 7.50. The Balaban J connectivity index is 1.56. The molecule has 2 aromatic heterocycles. The fourth-order valence-electron chi connectivity index (χ4n) is 3.12. The average Bonchev–Trinajstić information content (AvgIpc) is 3.29. The Bertz CT molecular complexity index is 1040. The molecule has 1 aromatic carbocycles. The van der Waals surface area contributed by atoms with Crippen LogP contribution < -0.4 is 0 Å². The van der Waals surface area contributed by atoms with E-state index in [2.05, 4.69) is 45.9 Å². The van der Waals surface area contributed by atoms with E-state index in [0.29, 0.717) is 0 Å². The van der Waals surface area contributed by atoms with Gasteiger partial charge in [-0.15, -0.1) is 11.8 Å². The number of hydrogen-bond donors (Lipinski definition) is 0. The van der Waals surface area contributed by atoms with Gasteiger partial charge in [0.1, 0.15) is 0 Å².